The fourth-order valence-electron chi connectivity index (χ4n) is 7.61. The molecule has 1 aliphatic rings. The van der Waals surface area contributed by atoms with Crippen molar-refractivity contribution in [2.75, 3.05) is 27.6 Å². The number of carbonyl (C=O) groups excluding carboxylic acids is 4. The number of carbonyl (C=O) groups is 4. The van der Waals surface area contributed by atoms with Crippen LogP contribution < -0.4 is 10.4 Å². The third-order valence-electron chi connectivity index (χ3n) is 9.88. The van der Waals surface area contributed by atoms with Crippen LogP contribution in [0.5, 0.6) is 0 Å². The molecular formula is C39H54O8Si. The zero-order valence-corrected chi connectivity index (χ0v) is 30.7. The van der Waals surface area contributed by atoms with Gasteiger partial charge >= 0.3 is 5.97 Å². The van der Waals surface area contributed by atoms with E-state index in [0.717, 1.165) is 16.7 Å². The van der Waals surface area contributed by atoms with E-state index in [0.29, 0.717) is 19.3 Å². The number of methoxy groups -OCH3 is 2. The Morgan fingerprint density at radius 1 is 1.04 bits per heavy atom. The van der Waals surface area contributed by atoms with E-state index >= 15 is 0 Å². The largest absolute Gasteiger partial charge is 0.468 e. The number of rotatable bonds is 19. The molecule has 0 radical (unpaired) electrons. The lowest BCUT2D eigenvalue weighted by atomic mass is 9.66. The monoisotopic (exact) mass is 678 g/mol. The van der Waals surface area contributed by atoms with Crippen LogP contribution in [-0.4, -0.2) is 65.9 Å². The lowest BCUT2D eigenvalue weighted by Gasteiger charge is -2.46. The summed E-state index contributed by atoms with van der Waals surface area (Å²) in [5.74, 6) is -3.89. The maximum atomic E-state index is 14.6. The van der Waals surface area contributed by atoms with Crippen molar-refractivity contribution in [2.24, 2.45) is 29.1 Å². The van der Waals surface area contributed by atoms with Crippen molar-refractivity contribution in [3.05, 3.63) is 73.3 Å². The van der Waals surface area contributed by atoms with Crippen molar-refractivity contribution in [1.82, 2.24) is 0 Å². The molecule has 1 saturated carbocycles. The summed E-state index contributed by atoms with van der Waals surface area (Å²) < 4.78 is 23.7. The smallest absolute Gasteiger partial charge is 0.316 e. The van der Waals surface area contributed by atoms with Crippen molar-refractivity contribution in [2.45, 2.75) is 77.9 Å². The average molecular weight is 679 g/mol. The first-order valence-electron chi connectivity index (χ1n) is 16.9. The maximum Gasteiger partial charge on any atom is 0.316 e. The first-order valence-corrected chi connectivity index (χ1v) is 18.8. The SMILES string of the molecule is C=CCC[C@H](C(=O)C(C[C@H](C)CC=O)OCOC)[C@H]1[C@H](C(=O)OC)C(=O)C[C@]1(C)CO[Si](c1ccccc1)(c1ccccc1)C(C)(C)C. The molecule has 1 fully saturated rings. The quantitative estimate of drug-likeness (QED) is 0.0466. The standard InChI is InChI=1S/C39H54O8Si/c1-9-10-21-31(36(42)33(46-27-44-7)24-28(2)22-23-40)35-34(37(43)45-8)32(41)25-39(35,6)26-47-48(38(3,4)5,29-17-13-11-14-18-29)30-19-15-12-16-20-30/h9,11-20,23,28,31,33-35H,1,10,21-22,24-27H2,2-8H3/t28-,31+,33?,34-,35+,39-/m1/s1. The van der Waals surface area contributed by atoms with Crippen molar-refractivity contribution < 1.29 is 37.8 Å². The van der Waals surface area contributed by atoms with Crippen LogP contribution in [-0.2, 0) is 37.8 Å². The summed E-state index contributed by atoms with van der Waals surface area (Å²) in [4.78, 5) is 53.3. The van der Waals surface area contributed by atoms with E-state index in [1.165, 1.54) is 14.2 Å². The minimum Gasteiger partial charge on any atom is -0.468 e. The van der Waals surface area contributed by atoms with Gasteiger partial charge in [0.1, 0.15) is 30.9 Å². The predicted molar refractivity (Wildman–Crippen MR) is 189 cm³/mol. The summed E-state index contributed by atoms with van der Waals surface area (Å²) in [5, 5.41) is 1.86. The molecule has 48 heavy (non-hydrogen) atoms. The molecule has 0 saturated heterocycles. The highest BCUT2D eigenvalue weighted by Crippen LogP contribution is 2.52. The van der Waals surface area contributed by atoms with Gasteiger partial charge in [-0.2, -0.15) is 0 Å². The number of ketones is 2. The van der Waals surface area contributed by atoms with Gasteiger partial charge in [0.05, 0.1) is 7.11 Å². The van der Waals surface area contributed by atoms with Crippen molar-refractivity contribution >= 4 is 42.5 Å². The fraction of sp³-hybridized carbons (Fsp3) is 0.538. The summed E-state index contributed by atoms with van der Waals surface area (Å²) in [5.41, 5.74) is -0.898. The summed E-state index contributed by atoms with van der Waals surface area (Å²) in [6.07, 6.45) is 3.14. The van der Waals surface area contributed by atoms with E-state index in [2.05, 4.69) is 51.6 Å². The molecule has 3 rings (SSSR count). The van der Waals surface area contributed by atoms with Gasteiger partial charge in [-0.15, -0.1) is 6.58 Å². The molecule has 9 heteroatoms. The third kappa shape index (κ3) is 8.67. The molecule has 2 aromatic rings. The lowest BCUT2D eigenvalue weighted by molar-refractivity contribution is -0.156. The van der Waals surface area contributed by atoms with Crippen LogP contribution in [0.1, 0.15) is 66.7 Å². The van der Waals surface area contributed by atoms with Gasteiger partial charge in [0.25, 0.3) is 8.32 Å². The molecule has 0 bridgehead atoms. The molecule has 0 N–H and O–H groups in total. The van der Waals surface area contributed by atoms with Gasteiger partial charge in [-0.05, 0) is 46.5 Å². The molecule has 2 aromatic carbocycles. The summed E-state index contributed by atoms with van der Waals surface area (Å²) in [6.45, 7) is 14.3. The van der Waals surface area contributed by atoms with Crippen molar-refractivity contribution in [1.29, 1.82) is 0 Å². The van der Waals surface area contributed by atoms with Crippen LogP contribution >= 0.6 is 0 Å². The zero-order valence-electron chi connectivity index (χ0n) is 29.7. The second kappa shape index (κ2) is 17.4. The van der Waals surface area contributed by atoms with Gasteiger partial charge in [-0.3, -0.25) is 14.4 Å². The van der Waals surface area contributed by atoms with E-state index in [1.807, 2.05) is 50.2 Å². The van der Waals surface area contributed by atoms with Crippen LogP contribution in [0.2, 0.25) is 5.04 Å². The Balaban J connectivity index is 2.19. The highest BCUT2D eigenvalue weighted by molar-refractivity contribution is 6.99. The molecule has 0 aromatic heterocycles. The molecule has 262 valence electrons. The van der Waals surface area contributed by atoms with Gasteiger partial charge in [0.2, 0.25) is 0 Å². The summed E-state index contributed by atoms with van der Waals surface area (Å²) >= 11 is 0. The molecule has 0 aliphatic heterocycles. The number of aldehydes is 1. The first-order chi connectivity index (χ1) is 22.8. The normalized spacial score (nSPS) is 21.7. The van der Waals surface area contributed by atoms with Gasteiger partial charge in [0, 0.05) is 37.9 Å². The molecule has 6 atom stereocenters. The van der Waals surface area contributed by atoms with Crippen LogP contribution in [0.4, 0.5) is 0 Å². The summed E-state index contributed by atoms with van der Waals surface area (Å²) in [7, 11) is -0.282. The summed E-state index contributed by atoms with van der Waals surface area (Å²) in [6, 6.07) is 20.5. The van der Waals surface area contributed by atoms with Crippen LogP contribution in [0, 0.1) is 29.1 Å². The van der Waals surface area contributed by atoms with E-state index in [9.17, 15) is 19.2 Å². The number of hydrogen-bond acceptors (Lipinski definition) is 8. The highest BCUT2D eigenvalue weighted by atomic mass is 28.4. The van der Waals surface area contributed by atoms with Gasteiger partial charge in [0.15, 0.2) is 5.78 Å². The van der Waals surface area contributed by atoms with E-state index in [1.54, 1.807) is 6.08 Å². The second-order valence-electron chi connectivity index (χ2n) is 14.5. The van der Waals surface area contributed by atoms with E-state index < -0.39 is 43.6 Å². The van der Waals surface area contributed by atoms with Crippen LogP contribution in [0.15, 0.2) is 73.3 Å². The maximum absolute atomic E-state index is 14.6. The van der Waals surface area contributed by atoms with E-state index in [4.69, 9.17) is 18.6 Å². The fourth-order valence-corrected chi connectivity index (χ4v) is 12.3. The number of hydrogen-bond donors (Lipinski definition) is 0. The van der Waals surface area contributed by atoms with Crippen molar-refractivity contribution in [3.63, 3.8) is 0 Å². The van der Waals surface area contributed by atoms with Crippen LogP contribution in [0.3, 0.4) is 0 Å². The number of Topliss-reactive ketones (excluding diaryl/α,β-unsaturated/α-hetero) is 2. The molecule has 1 unspecified atom stereocenters. The lowest BCUT2D eigenvalue weighted by Crippen LogP contribution is -2.67. The number of esters is 1. The minimum atomic E-state index is -3.03. The second-order valence-corrected chi connectivity index (χ2v) is 18.8. The number of allylic oxidation sites excluding steroid dienone is 1. The minimum absolute atomic E-state index is 0.0542. The Morgan fingerprint density at radius 2 is 1.62 bits per heavy atom. The molecule has 1 aliphatic carbocycles. The topological polar surface area (TPSA) is 105 Å². The highest BCUT2D eigenvalue weighted by Gasteiger charge is 2.60. The Morgan fingerprint density at radius 3 is 2.10 bits per heavy atom. The molecule has 0 spiro atoms. The number of ether oxygens (including phenoxy) is 3. The first kappa shape index (κ1) is 39.2. The van der Waals surface area contributed by atoms with Crippen LogP contribution in [0.25, 0.3) is 0 Å². The Bertz CT molecular complexity index is 1330. The number of benzene rings is 2. The van der Waals surface area contributed by atoms with E-state index in [-0.39, 0.29) is 48.8 Å². The molecule has 0 heterocycles. The third-order valence-corrected chi connectivity index (χ3v) is 14.9. The van der Waals surface area contributed by atoms with Crippen molar-refractivity contribution in [3.8, 4) is 0 Å². The predicted octanol–water partition coefficient (Wildman–Crippen LogP) is 5.70. The Kier molecular flexibility index (Phi) is 14.2. The molecule has 0 amide bonds. The zero-order chi connectivity index (χ0) is 35.5. The van der Waals surface area contributed by atoms with Gasteiger partial charge in [-0.1, -0.05) is 101 Å². The Labute approximate surface area is 287 Å². The van der Waals surface area contributed by atoms with Gasteiger partial charge < -0.3 is 23.4 Å². The molecular weight excluding hydrogens is 625 g/mol. The average Bonchev–Trinajstić information content (AvgIpc) is 3.32. The Hall–Kier alpha value is -3.24. The molecule has 8 nitrogen and oxygen atoms in total. The van der Waals surface area contributed by atoms with Gasteiger partial charge in [-0.25, -0.2) is 0 Å².